The fourth-order valence-electron chi connectivity index (χ4n) is 0.666. The molecule has 0 atom stereocenters. The fraction of sp³-hybridized carbons (Fsp3) is 1.00. The van der Waals surface area contributed by atoms with Crippen molar-refractivity contribution in [2.45, 2.75) is 30.4 Å². The van der Waals surface area contributed by atoms with Gasteiger partial charge in [-0.25, -0.2) is 0 Å². The Labute approximate surface area is 76.8 Å². The van der Waals surface area contributed by atoms with E-state index in [1.54, 1.807) is 6.92 Å². The molecular weight excluding hydrogens is 280 g/mol. The van der Waals surface area contributed by atoms with Crippen molar-refractivity contribution in [2.24, 2.45) is 0 Å². The predicted octanol–water partition coefficient (Wildman–Crippen LogP) is 2.28. The molecule has 0 N–H and O–H groups in total. The van der Waals surface area contributed by atoms with Gasteiger partial charge in [-0.05, 0) is 0 Å². The summed E-state index contributed by atoms with van der Waals surface area (Å²) >= 11 is -3.05. The van der Waals surface area contributed by atoms with Crippen molar-refractivity contribution in [2.75, 3.05) is 6.61 Å². The molecule has 0 bridgehead atoms. The number of hydrogen-bond donors (Lipinski definition) is 0. The van der Waals surface area contributed by atoms with Crippen LogP contribution in [-0.4, -0.2) is 32.9 Å². The van der Waals surface area contributed by atoms with Crippen molar-refractivity contribution in [3.63, 3.8) is 0 Å². The van der Waals surface area contributed by atoms with Crippen molar-refractivity contribution < 1.29 is 19.3 Å². The molecule has 12 heavy (non-hydrogen) atoms. The number of alkyl halides is 3. The minimum atomic E-state index is -4.13. The van der Waals surface area contributed by atoms with E-state index in [4.69, 9.17) is 3.07 Å². The van der Waals surface area contributed by atoms with Crippen LogP contribution in [0.4, 0.5) is 13.2 Å². The van der Waals surface area contributed by atoms with Gasteiger partial charge in [0.05, 0.1) is 0 Å². The van der Waals surface area contributed by atoms with Gasteiger partial charge in [-0.1, -0.05) is 0 Å². The molecular formula is C6H11F3O2Sn. The average molecular weight is 291 g/mol. The summed E-state index contributed by atoms with van der Waals surface area (Å²) in [5.74, 6) is 0. The molecule has 0 unspecified atom stereocenters. The van der Waals surface area contributed by atoms with Gasteiger partial charge in [0, 0.05) is 0 Å². The van der Waals surface area contributed by atoms with Crippen LogP contribution in [0.3, 0.4) is 0 Å². The molecule has 0 radical (unpaired) electrons. The van der Waals surface area contributed by atoms with Crippen LogP contribution < -0.4 is 0 Å². The summed E-state index contributed by atoms with van der Waals surface area (Å²) in [6, 6.07) is 0. The second-order valence-electron chi connectivity index (χ2n) is 2.27. The van der Waals surface area contributed by atoms with Gasteiger partial charge in [0.25, 0.3) is 0 Å². The van der Waals surface area contributed by atoms with E-state index < -0.39 is 32.8 Å². The first-order chi connectivity index (χ1) is 5.45. The van der Waals surface area contributed by atoms with E-state index >= 15 is 0 Å². The van der Waals surface area contributed by atoms with E-state index in [9.17, 15) is 16.2 Å². The third kappa shape index (κ3) is 8.45. The van der Waals surface area contributed by atoms with Crippen LogP contribution in [0.25, 0.3) is 0 Å². The standard InChI is InChI=1S/C4H6F3.C2H5O.O.Sn/c1-2-3-4(5,6)7;1-2-3;;/h1-3H2;2H2,1H3;;/q;-1;;+1. The van der Waals surface area contributed by atoms with Gasteiger partial charge in [0.15, 0.2) is 0 Å². The SMILES string of the molecule is CC[O][Sn](=[O])[CH2]CCC(F)(F)F. The average Bonchev–Trinajstić information content (AvgIpc) is 1.84. The number of hydrogen-bond acceptors (Lipinski definition) is 2. The van der Waals surface area contributed by atoms with Crippen LogP contribution >= 0.6 is 0 Å². The molecule has 0 aromatic rings. The molecule has 0 amide bonds. The second-order valence-corrected chi connectivity index (χ2v) is 6.65. The van der Waals surface area contributed by atoms with Gasteiger partial charge in [0.2, 0.25) is 0 Å². The van der Waals surface area contributed by atoms with E-state index in [2.05, 4.69) is 0 Å². The van der Waals surface area contributed by atoms with Crippen LogP contribution in [0, 0.1) is 0 Å². The molecule has 0 heterocycles. The predicted molar refractivity (Wildman–Crippen MR) is 38.2 cm³/mol. The fourth-order valence-corrected chi connectivity index (χ4v) is 3.33. The van der Waals surface area contributed by atoms with E-state index in [-0.39, 0.29) is 10.9 Å². The molecule has 0 saturated heterocycles. The van der Waals surface area contributed by atoms with Gasteiger partial charge in [-0.2, -0.15) is 0 Å². The Morgan fingerprint density at radius 1 is 1.42 bits per heavy atom. The molecule has 0 aliphatic rings. The summed E-state index contributed by atoms with van der Waals surface area (Å²) in [6.07, 6.45) is -5.05. The van der Waals surface area contributed by atoms with E-state index in [0.29, 0.717) is 6.61 Å². The topological polar surface area (TPSA) is 26.3 Å². The monoisotopic (exact) mass is 292 g/mol. The maximum absolute atomic E-state index is 11.6. The molecule has 0 aliphatic heterocycles. The molecule has 0 aromatic carbocycles. The Morgan fingerprint density at radius 3 is 2.42 bits per heavy atom. The third-order valence-electron chi connectivity index (χ3n) is 1.15. The Kier molecular flexibility index (Phi) is 6.07. The van der Waals surface area contributed by atoms with Gasteiger partial charge >= 0.3 is 76.5 Å². The molecule has 0 aromatic heterocycles. The van der Waals surface area contributed by atoms with Crippen LogP contribution in [0.15, 0.2) is 0 Å². The molecule has 0 rings (SSSR count). The van der Waals surface area contributed by atoms with Crippen LogP contribution in [-0.2, 0) is 6.15 Å². The van der Waals surface area contributed by atoms with E-state index in [1.165, 1.54) is 0 Å². The quantitative estimate of drug-likeness (QED) is 0.726. The normalized spacial score (nSPS) is 11.7. The Balaban J connectivity index is 3.37. The summed E-state index contributed by atoms with van der Waals surface area (Å²) in [5, 5.41) is 0. The van der Waals surface area contributed by atoms with Gasteiger partial charge in [0.1, 0.15) is 0 Å². The van der Waals surface area contributed by atoms with Crippen LogP contribution in [0.5, 0.6) is 0 Å². The van der Waals surface area contributed by atoms with Crippen molar-refractivity contribution in [3.05, 3.63) is 0 Å². The van der Waals surface area contributed by atoms with Crippen LogP contribution in [0.1, 0.15) is 19.8 Å². The maximum atomic E-state index is 11.6. The van der Waals surface area contributed by atoms with Crippen molar-refractivity contribution >= 4 is 20.2 Å². The summed E-state index contributed by atoms with van der Waals surface area (Å²) in [6.45, 7) is 2.02. The zero-order chi connectivity index (χ0) is 9.61. The molecule has 72 valence electrons. The van der Waals surface area contributed by atoms with E-state index in [0.717, 1.165) is 0 Å². The first kappa shape index (κ1) is 12.3. The second kappa shape index (κ2) is 5.90. The number of halogens is 3. The van der Waals surface area contributed by atoms with Gasteiger partial charge < -0.3 is 0 Å². The van der Waals surface area contributed by atoms with Gasteiger partial charge in [-0.3, -0.25) is 0 Å². The molecule has 0 saturated carbocycles. The van der Waals surface area contributed by atoms with Crippen LogP contribution in [0.2, 0.25) is 4.44 Å². The van der Waals surface area contributed by atoms with E-state index in [1.807, 2.05) is 0 Å². The van der Waals surface area contributed by atoms with Crippen molar-refractivity contribution in [1.82, 2.24) is 0 Å². The molecule has 0 spiro atoms. The molecule has 0 aliphatic carbocycles. The van der Waals surface area contributed by atoms with Crippen molar-refractivity contribution in [1.29, 1.82) is 0 Å². The zero-order valence-electron chi connectivity index (χ0n) is 6.78. The first-order valence-electron chi connectivity index (χ1n) is 3.68. The summed E-state index contributed by atoms with van der Waals surface area (Å²) in [4.78, 5) is 0. The van der Waals surface area contributed by atoms with Gasteiger partial charge in [-0.15, -0.1) is 0 Å². The Morgan fingerprint density at radius 2 is 2.00 bits per heavy atom. The first-order valence-corrected chi connectivity index (χ1v) is 8.03. The zero-order valence-corrected chi connectivity index (χ0v) is 9.63. The summed E-state index contributed by atoms with van der Waals surface area (Å²) in [7, 11) is 0. The molecule has 6 heteroatoms. The molecule has 2 nitrogen and oxygen atoms in total. The minimum absolute atomic E-state index is 0.0677. The Hall–Kier alpha value is 0.349. The third-order valence-corrected chi connectivity index (χ3v) is 5.06. The number of rotatable bonds is 5. The molecule has 0 fully saturated rings. The van der Waals surface area contributed by atoms with Crippen molar-refractivity contribution in [3.8, 4) is 0 Å². The summed E-state index contributed by atoms with van der Waals surface area (Å²) < 4.78 is 50.4. The summed E-state index contributed by atoms with van der Waals surface area (Å²) in [5.41, 5.74) is 0. The Bertz CT molecular complexity index is 146.